The van der Waals surface area contributed by atoms with Crippen LogP contribution in [0.1, 0.15) is 11.4 Å². The fourth-order valence-corrected chi connectivity index (χ4v) is 2.46. The largest absolute Gasteiger partial charge is 0.360 e. The third-order valence-corrected chi connectivity index (χ3v) is 4.67. The van der Waals surface area contributed by atoms with Crippen molar-refractivity contribution in [1.82, 2.24) is 9.78 Å². The van der Waals surface area contributed by atoms with Gasteiger partial charge < -0.3 is 9.54 Å². The first kappa shape index (κ1) is 13.8. The highest BCUT2D eigenvalue weighted by atomic mass is 28.3. The molecule has 1 aliphatic heterocycles. The monoisotopic (exact) mass is 268 g/mol. The molecular weight excluding hydrogens is 247 g/mol. The van der Waals surface area contributed by atoms with Crippen LogP contribution in [0, 0.1) is 0 Å². The molecule has 1 atom stereocenters. The molecule has 0 saturated carbocycles. The van der Waals surface area contributed by atoms with Gasteiger partial charge in [0, 0.05) is 26.7 Å². The topological polar surface area (TPSA) is 45.5 Å². The van der Waals surface area contributed by atoms with Crippen molar-refractivity contribution in [1.29, 1.82) is 0 Å². The highest BCUT2D eigenvalue weighted by Crippen LogP contribution is 2.19. The van der Waals surface area contributed by atoms with Gasteiger partial charge >= 0.3 is 7.48 Å². The molecule has 100 valence electrons. The summed E-state index contributed by atoms with van der Waals surface area (Å²) in [5.41, 5.74) is 1.15. The van der Waals surface area contributed by atoms with Crippen LogP contribution in [0.4, 0.5) is 0 Å². The molecule has 0 spiro atoms. The van der Waals surface area contributed by atoms with Crippen molar-refractivity contribution in [2.24, 2.45) is 0 Å². The molecule has 2 rings (SSSR count). The first-order valence-corrected chi connectivity index (χ1v) is 10.1. The molecule has 0 aromatic carbocycles. The molecule has 1 saturated heterocycles. The average molecular weight is 268 g/mol. The van der Waals surface area contributed by atoms with Gasteiger partial charge in [-0.2, -0.15) is 5.10 Å². The molecule has 0 amide bonds. The van der Waals surface area contributed by atoms with Gasteiger partial charge in [-0.15, -0.1) is 0 Å². The summed E-state index contributed by atoms with van der Waals surface area (Å²) in [5, 5.41) is 4.29. The van der Waals surface area contributed by atoms with E-state index >= 15 is 0 Å². The Bertz CT molecular complexity index is 375. The fraction of sp³-hybridized carbons (Fsp3) is 0.727. The first-order chi connectivity index (χ1) is 8.54. The lowest BCUT2D eigenvalue weighted by atomic mass is 9.78. The lowest BCUT2D eigenvalue weighted by Crippen LogP contribution is -2.22. The van der Waals surface area contributed by atoms with Gasteiger partial charge in [0.15, 0.2) is 0 Å². The molecule has 1 aromatic rings. The summed E-state index contributed by atoms with van der Waals surface area (Å²) >= 11 is 0. The number of rotatable bonds is 6. The Labute approximate surface area is 110 Å². The summed E-state index contributed by atoms with van der Waals surface area (Å²) in [5.74, 6) is 0.306. The van der Waals surface area contributed by atoms with Gasteiger partial charge in [-0.05, 0) is 11.6 Å². The van der Waals surface area contributed by atoms with Gasteiger partial charge in [0.25, 0.3) is 0 Å². The Hall–Kier alpha value is -0.628. The molecule has 5 nitrogen and oxygen atoms in total. The molecule has 7 heteroatoms. The van der Waals surface area contributed by atoms with Crippen molar-refractivity contribution in [3.63, 3.8) is 0 Å². The Kier molecular flexibility index (Phi) is 4.61. The fourth-order valence-electron chi connectivity index (χ4n) is 1.70. The van der Waals surface area contributed by atoms with Crippen molar-refractivity contribution >= 4 is 15.6 Å². The second-order valence-corrected chi connectivity index (χ2v) is 11.5. The zero-order valence-electron chi connectivity index (χ0n) is 11.4. The number of hydrogen-bond acceptors (Lipinski definition) is 4. The zero-order chi connectivity index (χ0) is 13.0. The lowest BCUT2D eigenvalue weighted by molar-refractivity contribution is -0.183. The van der Waals surface area contributed by atoms with Gasteiger partial charge in [-0.1, -0.05) is 19.6 Å². The van der Waals surface area contributed by atoms with Gasteiger partial charge in [-0.25, -0.2) is 4.68 Å². The van der Waals surface area contributed by atoms with Crippen LogP contribution in [0.2, 0.25) is 25.7 Å². The number of hydrogen-bond donors (Lipinski definition) is 0. The molecule has 1 unspecified atom stereocenters. The predicted octanol–water partition coefficient (Wildman–Crippen LogP) is 1.55. The van der Waals surface area contributed by atoms with Crippen LogP contribution in [-0.2, 0) is 21.2 Å². The number of aromatic nitrogens is 2. The van der Waals surface area contributed by atoms with Crippen LogP contribution in [0.15, 0.2) is 12.4 Å². The molecule has 0 radical (unpaired) electrons. The van der Waals surface area contributed by atoms with Crippen LogP contribution >= 0.6 is 0 Å². The molecule has 0 N–H and O–H groups in total. The molecule has 0 bridgehead atoms. The van der Waals surface area contributed by atoms with Crippen LogP contribution in [0.5, 0.6) is 0 Å². The summed E-state index contributed by atoms with van der Waals surface area (Å²) < 4.78 is 7.48. The van der Waals surface area contributed by atoms with Crippen LogP contribution in [0.25, 0.3) is 0 Å². The van der Waals surface area contributed by atoms with Crippen molar-refractivity contribution in [2.75, 3.05) is 13.2 Å². The quantitative estimate of drug-likeness (QED) is 0.446. The highest BCUT2D eigenvalue weighted by molar-refractivity contribution is 6.76. The average Bonchev–Trinajstić information content (AvgIpc) is 2.93. The second-order valence-electron chi connectivity index (χ2n) is 5.93. The van der Waals surface area contributed by atoms with Gasteiger partial charge in [-0.3, -0.25) is 4.89 Å². The van der Waals surface area contributed by atoms with E-state index in [9.17, 15) is 0 Å². The van der Waals surface area contributed by atoms with Crippen LogP contribution < -0.4 is 0 Å². The van der Waals surface area contributed by atoms with E-state index in [0.29, 0.717) is 26.6 Å². The maximum atomic E-state index is 5.64. The van der Waals surface area contributed by atoms with E-state index < -0.39 is 8.07 Å². The van der Waals surface area contributed by atoms with Crippen LogP contribution in [-0.4, -0.2) is 38.6 Å². The number of ether oxygens (including phenoxy) is 1. The van der Waals surface area contributed by atoms with Crippen molar-refractivity contribution < 1.29 is 14.4 Å². The summed E-state index contributed by atoms with van der Waals surface area (Å²) in [6.07, 6.45) is 3.88. The molecular formula is C11H21BN2O3Si. The summed E-state index contributed by atoms with van der Waals surface area (Å²) in [7, 11) is -0.386. The molecule has 0 aliphatic carbocycles. The Morgan fingerprint density at radius 3 is 3.06 bits per heavy atom. The highest BCUT2D eigenvalue weighted by Gasteiger charge is 2.23. The normalized spacial score (nSPS) is 20.1. The standard InChI is InChI=1S/C11H21BN2O3Si/c1-18(2,3)5-4-15-9-14-7-10(6-13-14)11-8-16-17-12-11/h6-7,11-12H,4-5,8-9H2,1-3H3. The molecule has 2 heterocycles. The van der Waals surface area contributed by atoms with Gasteiger partial charge in [0.05, 0.1) is 12.8 Å². The smallest absolute Gasteiger partial charge is 0.333 e. The summed E-state index contributed by atoms with van der Waals surface area (Å²) in [6, 6.07) is 1.19. The minimum absolute atomic E-state index is 0.306. The molecule has 1 aromatic heterocycles. The van der Waals surface area contributed by atoms with Crippen molar-refractivity contribution in [3.8, 4) is 0 Å². The van der Waals surface area contributed by atoms with E-state index in [1.54, 1.807) is 0 Å². The molecule has 18 heavy (non-hydrogen) atoms. The first-order valence-electron chi connectivity index (χ1n) is 6.39. The van der Waals surface area contributed by atoms with E-state index in [2.05, 4.69) is 24.7 Å². The van der Waals surface area contributed by atoms with Gasteiger partial charge in [0.1, 0.15) is 6.73 Å². The third kappa shape index (κ3) is 4.24. The van der Waals surface area contributed by atoms with Crippen LogP contribution in [0.3, 0.4) is 0 Å². The SMILES string of the molecule is C[Si](C)(C)CCOCn1cc(C2BOOC2)cn1. The second kappa shape index (κ2) is 6.01. The lowest BCUT2D eigenvalue weighted by Gasteiger charge is -2.15. The Morgan fingerprint density at radius 1 is 1.56 bits per heavy atom. The zero-order valence-corrected chi connectivity index (χ0v) is 12.4. The minimum atomic E-state index is -0.999. The summed E-state index contributed by atoms with van der Waals surface area (Å²) in [4.78, 5) is 9.79. The number of nitrogens with zero attached hydrogens (tertiary/aromatic N) is 2. The van der Waals surface area contributed by atoms with E-state index in [4.69, 9.17) is 14.4 Å². The summed E-state index contributed by atoms with van der Waals surface area (Å²) in [6.45, 7) is 9.01. The maximum Gasteiger partial charge on any atom is 0.333 e. The predicted molar refractivity (Wildman–Crippen MR) is 73.3 cm³/mol. The van der Waals surface area contributed by atoms with Crippen molar-refractivity contribution in [3.05, 3.63) is 18.0 Å². The van der Waals surface area contributed by atoms with E-state index in [0.717, 1.165) is 12.2 Å². The van der Waals surface area contributed by atoms with E-state index in [1.165, 1.54) is 6.04 Å². The Morgan fingerprint density at radius 2 is 2.39 bits per heavy atom. The minimum Gasteiger partial charge on any atom is -0.360 e. The third-order valence-electron chi connectivity index (χ3n) is 2.97. The Balaban J connectivity index is 1.73. The van der Waals surface area contributed by atoms with Crippen molar-refractivity contribution in [2.45, 2.75) is 38.2 Å². The van der Waals surface area contributed by atoms with E-state index in [1.807, 2.05) is 17.1 Å². The molecule has 1 fully saturated rings. The maximum absolute atomic E-state index is 5.64. The molecule has 1 aliphatic rings. The van der Waals surface area contributed by atoms with E-state index in [-0.39, 0.29) is 0 Å². The van der Waals surface area contributed by atoms with Gasteiger partial charge in [0.2, 0.25) is 0 Å².